The molecule has 0 saturated heterocycles. The summed E-state index contributed by atoms with van der Waals surface area (Å²) >= 11 is 0. The Bertz CT molecular complexity index is 598. The molecule has 2 rings (SSSR count). The van der Waals surface area contributed by atoms with E-state index >= 15 is 0 Å². The second-order valence-corrected chi connectivity index (χ2v) is 5.54. The lowest BCUT2D eigenvalue weighted by atomic mass is 10.1. The van der Waals surface area contributed by atoms with Crippen LogP contribution in [-0.2, 0) is 21.3 Å². The first-order valence-electron chi connectivity index (χ1n) is 5.55. The van der Waals surface area contributed by atoms with E-state index in [0.717, 1.165) is 16.5 Å². The summed E-state index contributed by atoms with van der Waals surface area (Å²) in [5, 5.41) is 9.53. The molecule has 0 fully saturated rings. The van der Waals surface area contributed by atoms with Gasteiger partial charge in [0.05, 0.1) is 11.9 Å². The first-order chi connectivity index (χ1) is 8.65. The van der Waals surface area contributed by atoms with E-state index in [4.69, 9.17) is 5.11 Å². The van der Waals surface area contributed by atoms with Gasteiger partial charge in [0, 0.05) is 33.9 Å². The highest BCUT2D eigenvalue weighted by molar-refractivity contribution is 7.84. The second-order valence-electron chi connectivity index (χ2n) is 3.96. The highest BCUT2D eigenvalue weighted by Gasteiger charge is 2.06. The predicted octanol–water partition coefficient (Wildman–Crippen LogP) is 1.96. The Hall–Kier alpha value is -1.75. The molecule has 4 nitrogen and oxygen atoms in total. The summed E-state index contributed by atoms with van der Waals surface area (Å²) in [5.41, 5.74) is 1.84. The zero-order chi connectivity index (χ0) is 13.0. The minimum atomic E-state index is -1.14. The molecule has 94 valence electrons. The summed E-state index contributed by atoms with van der Waals surface area (Å²) in [5.74, 6) is -0.329. The molecule has 1 atom stereocenters. The van der Waals surface area contributed by atoms with Crippen LogP contribution in [0.5, 0.6) is 0 Å². The van der Waals surface area contributed by atoms with Gasteiger partial charge in [-0.05, 0) is 23.8 Å². The number of carboxylic acids is 1. The zero-order valence-electron chi connectivity index (χ0n) is 9.70. The third-order valence-corrected chi connectivity index (χ3v) is 3.85. The van der Waals surface area contributed by atoms with E-state index in [-0.39, 0.29) is 12.2 Å². The van der Waals surface area contributed by atoms with Gasteiger partial charge in [0.25, 0.3) is 0 Å². The first-order valence-corrected chi connectivity index (χ1v) is 7.04. The van der Waals surface area contributed by atoms with Crippen molar-refractivity contribution in [2.75, 3.05) is 5.75 Å². The first kappa shape index (κ1) is 12.7. The summed E-state index contributed by atoms with van der Waals surface area (Å²) in [7, 11) is -1.14. The van der Waals surface area contributed by atoms with E-state index in [9.17, 15) is 9.00 Å². The van der Waals surface area contributed by atoms with Crippen molar-refractivity contribution in [3.8, 4) is 0 Å². The fourth-order valence-electron chi connectivity index (χ4n) is 1.67. The number of hydrogen-bond acceptors (Lipinski definition) is 3. The molecule has 0 aliphatic carbocycles. The molecular formula is C13H13NO3S. The largest absolute Gasteiger partial charge is 0.481 e. The van der Waals surface area contributed by atoms with E-state index in [2.05, 4.69) is 4.98 Å². The Balaban J connectivity index is 2.07. The molecule has 0 aliphatic rings. The molecular weight excluding hydrogens is 250 g/mol. The van der Waals surface area contributed by atoms with Gasteiger partial charge in [-0.3, -0.25) is 14.0 Å². The number of rotatable bonds is 5. The van der Waals surface area contributed by atoms with Crippen molar-refractivity contribution in [2.45, 2.75) is 12.2 Å². The Labute approximate surface area is 107 Å². The van der Waals surface area contributed by atoms with Crippen molar-refractivity contribution in [2.24, 2.45) is 0 Å². The van der Waals surface area contributed by atoms with Gasteiger partial charge in [-0.25, -0.2) is 0 Å². The Morgan fingerprint density at radius 2 is 2.17 bits per heavy atom. The molecule has 18 heavy (non-hydrogen) atoms. The van der Waals surface area contributed by atoms with Gasteiger partial charge in [-0.2, -0.15) is 0 Å². The fourth-order valence-corrected chi connectivity index (χ4v) is 2.77. The number of aromatic nitrogens is 1. The molecule has 5 heteroatoms. The molecule has 1 unspecified atom stereocenters. The molecule has 1 heterocycles. The molecule has 0 spiro atoms. The standard InChI is InChI=1S/C13H13NO3S/c15-13(16)5-7-18(17)9-10-3-4-12-11(8-10)2-1-6-14-12/h1-4,6,8H,5,7,9H2,(H,15,16). The molecule has 0 saturated carbocycles. The number of carbonyl (C=O) groups is 1. The number of hydrogen-bond donors (Lipinski definition) is 1. The maximum absolute atomic E-state index is 11.7. The Morgan fingerprint density at radius 1 is 1.33 bits per heavy atom. The Kier molecular flexibility index (Phi) is 4.04. The maximum Gasteiger partial charge on any atom is 0.304 e. The van der Waals surface area contributed by atoms with Gasteiger partial charge < -0.3 is 5.11 Å². The van der Waals surface area contributed by atoms with Crippen LogP contribution in [-0.4, -0.2) is 26.0 Å². The number of pyridine rings is 1. The summed E-state index contributed by atoms with van der Waals surface area (Å²) < 4.78 is 11.7. The average molecular weight is 263 g/mol. The summed E-state index contributed by atoms with van der Waals surface area (Å²) in [6.07, 6.45) is 1.68. The highest BCUT2D eigenvalue weighted by Crippen LogP contribution is 2.14. The van der Waals surface area contributed by atoms with Crippen LogP contribution < -0.4 is 0 Å². The van der Waals surface area contributed by atoms with Gasteiger partial charge in [0.1, 0.15) is 0 Å². The third kappa shape index (κ3) is 3.37. The average Bonchev–Trinajstić information content (AvgIpc) is 2.36. The summed E-state index contributed by atoms with van der Waals surface area (Å²) in [4.78, 5) is 14.6. The summed E-state index contributed by atoms with van der Waals surface area (Å²) in [6, 6.07) is 9.52. The highest BCUT2D eigenvalue weighted by atomic mass is 32.2. The smallest absolute Gasteiger partial charge is 0.304 e. The van der Waals surface area contributed by atoms with Crippen molar-refractivity contribution in [3.63, 3.8) is 0 Å². The van der Waals surface area contributed by atoms with Gasteiger partial charge >= 0.3 is 5.97 Å². The van der Waals surface area contributed by atoms with Gasteiger partial charge in [-0.1, -0.05) is 12.1 Å². The molecule has 1 N–H and O–H groups in total. The van der Waals surface area contributed by atoms with Crippen molar-refractivity contribution < 1.29 is 14.1 Å². The number of nitrogens with zero attached hydrogens (tertiary/aromatic N) is 1. The monoisotopic (exact) mass is 263 g/mol. The maximum atomic E-state index is 11.7. The van der Waals surface area contributed by atoms with Crippen LogP contribution >= 0.6 is 0 Å². The minimum Gasteiger partial charge on any atom is -0.481 e. The van der Waals surface area contributed by atoms with E-state index in [1.807, 2.05) is 30.3 Å². The molecule has 0 amide bonds. The van der Waals surface area contributed by atoms with Crippen LogP contribution in [0, 0.1) is 0 Å². The van der Waals surface area contributed by atoms with Crippen LogP contribution in [0.15, 0.2) is 36.5 Å². The van der Waals surface area contributed by atoms with E-state index in [1.54, 1.807) is 6.20 Å². The number of fused-ring (bicyclic) bond motifs is 1. The number of aliphatic carboxylic acids is 1. The second kappa shape index (κ2) is 5.73. The van der Waals surface area contributed by atoms with Gasteiger partial charge in [-0.15, -0.1) is 0 Å². The summed E-state index contributed by atoms with van der Waals surface area (Å²) in [6.45, 7) is 0. The molecule has 1 aromatic heterocycles. The lowest BCUT2D eigenvalue weighted by Crippen LogP contribution is -2.06. The predicted molar refractivity (Wildman–Crippen MR) is 70.7 cm³/mol. The lowest BCUT2D eigenvalue weighted by molar-refractivity contribution is -0.136. The van der Waals surface area contributed by atoms with Crippen LogP contribution in [0.3, 0.4) is 0 Å². The van der Waals surface area contributed by atoms with Crippen LogP contribution in [0.1, 0.15) is 12.0 Å². The number of benzene rings is 1. The third-order valence-electron chi connectivity index (χ3n) is 2.54. The van der Waals surface area contributed by atoms with E-state index in [0.29, 0.717) is 5.75 Å². The molecule has 1 aromatic carbocycles. The number of carboxylic acid groups (broad SMARTS) is 1. The van der Waals surface area contributed by atoms with Crippen LogP contribution in [0.25, 0.3) is 10.9 Å². The van der Waals surface area contributed by atoms with Crippen molar-refractivity contribution >= 4 is 27.7 Å². The fraction of sp³-hybridized carbons (Fsp3) is 0.231. The quantitative estimate of drug-likeness (QED) is 0.895. The molecule has 0 aliphatic heterocycles. The van der Waals surface area contributed by atoms with E-state index in [1.165, 1.54) is 0 Å². The topological polar surface area (TPSA) is 67.3 Å². The SMILES string of the molecule is O=C(O)CCS(=O)Cc1ccc2ncccc2c1. The molecule has 2 aromatic rings. The molecule has 0 radical (unpaired) electrons. The lowest BCUT2D eigenvalue weighted by Gasteiger charge is -2.03. The van der Waals surface area contributed by atoms with Crippen molar-refractivity contribution in [1.82, 2.24) is 4.98 Å². The zero-order valence-corrected chi connectivity index (χ0v) is 10.5. The van der Waals surface area contributed by atoms with E-state index < -0.39 is 16.8 Å². The molecule has 0 bridgehead atoms. The van der Waals surface area contributed by atoms with Gasteiger partial charge in [0.15, 0.2) is 0 Å². The normalized spacial score (nSPS) is 12.4. The van der Waals surface area contributed by atoms with Crippen LogP contribution in [0.2, 0.25) is 0 Å². The van der Waals surface area contributed by atoms with Crippen molar-refractivity contribution in [1.29, 1.82) is 0 Å². The van der Waals surface area contributed by atoms with Crippen LogP contribution in [0.4, 0.5) is 0 Å². The minimum absolute atomic E-state index is 0.0538. The Morgan fingerprint density at radius 3 is 2.94 bits per heavy atom. The van der Waals surface area contributed by atoms with Crippen molar-refractivity contribution in [3.05, 3.63) is 42.1 Å². The van der Waals surface area contributed by atoms with Gasteiger partial charge in [0.2, 0.25) is 0 Å².